The molecular weight excluding hydrogens is 402 g/mol. The fraction of sp³-hybridized carbons (Fsp3) is 0.267. The lowest BCUT2D eigenvalue weighted by atomic mass is 9.83. The van der Waals surface area contributed by atoms with Crippen LogP contribution in [0.5, 0.6) is 0 Å². The second-order valence-electron chi connectivity index (χ2n) is 9.15. The first-order chi connectivity index (χ1) is 16.2. The van der Waals surface area contributed by atoms with Gasteiger partial charge in [-0.25, -0.2) is 4.98 Å². The molecule has 1 aliphatic carbocycles. The zero-order valence-electron chi connectivity index (χ0n) is 19.0. The van der Waals surface area contributed by atoms with Crippen LogP contribution in [0.1, 0.15) is 49.3 Å². The Balaban J connectivity index is 1.55. The minimum Gasteiger partial charge on any atom is -0.324 e. The van der Waals surface area contributed by atoms with E-state index in [1.807, 2.05) is 18.2 Å². The average molecular weight is 430 g/mol. The van der Waals surface area contributed by atoms with Crippen molar-refractivity contribution in [1.82, 2.24) is 9.55 Å². The first-order valence-corrected chi connectivity index (χ1v) is 11.8. The van der Waals surface area contributed by atoms with Crippen LogP contribution in [0.2, 0.25) is 0 Å². The molecule has 5 rings (SSSR count). The van der Waals surface area contributed by atoms with Gasteiger partial charge in [0.25, 0.3) is 0 Å². The van der Waals surface area contributed by atoms with E-state index in [4.69, 9.17) is 10.2 Å². The molecule has 4 aromatic rings. The van der Waals surface area contributed by atoms with Crippen LogP contribution in [0.3, 0.4) is 0 Å². The summed E-state index contributed by atoms with van der Waals surface area (Å²) in [6.45, 7) is 3.37. The van der Waals surface area contributed by atoms with E-state index in [1.165, 1.54) is 31.2 Å². The lowest BCUT2D eigenvalue weighted by Crippen LogP contribution is -2.18. The van der Waals surface area contributed by atoms with Crippen molar-refractivity contribution in [3.63, 3.8) is 0 Å². The predicted octanol–water partition coefficient (Wildman–Crippen LogP) is 6.80. The number of nitriles is 1. The van der Waals surface area contributed by atoms with Gasteiger partial charge in [0.05, 0.1) is 22.7 Å². The molecule has 3 aromatic carbocycles. The highest BCUT2D eigenvalue weighted by molar-refractivity contribution is 5.82. The molecule has 0 saturated heterocycles. The van der Waals surface area contributed by atoms with Crippen LogP contribution in [0.25, 0.3) is 22.4 Å². The van der Waals surface area contributed by atoms with Crippen molar-refractivity contribution in [3.8, 4) is 29.3 Å². The smallest absolute Gasteiger partial charge is 0.142 e. The van der Waals surface area contributed by atoms with Gasteiger partial charge in [-0.15, -0.1) is 0 Å². The quantitative estimate of drug-likeness (QED) is 0.336. The molecule has 0 N–H and O–H groups in total. The third-order valence-corrected chi connectivity index (χ3v) is 6.75. The molecule has 3 nitrogen and oxygen atoms in total. The van der Waals surface area contributed by atoms with Crippen molar-refractivity contribution in [2.45, 2.75) is 39.2 Å². The van der Waals surface area contributed by atoms with Gasteiger partial charge in [0.1, 0.15) is 5.82 Å². The van der Waals surface area contributed by atoms with Crippen molar-refractivity contribution in [2.75, 3.05) is 0 Å². The van der Waals surface area contributed by atoms with Crippen molar-refractivity contribution in [1.29, 1.82) is 5.26 Å². The lowest BCUT2D eigenvalue weighted by Gasteiger charge is -2.27. The SMILES string of the molecule is CC1CCC(Cn2c(-c3ccccc3C#Cc3ccc(C#N)cc3)nc3ccccc32)CC1. The summed E-state index contributed by atoms with van der Waals surface area (Å²) in [6.07, 6.45) is 5.21. The molecular formula is C30H27N3. The Morgan fingerprint density at radius 3 is 2.33 bits per heavy atom. The molecule has 0 radical (unpaired) electrons. The van der Waals surface area contributed by atoms with Crippen LogP contribution < -0.4 is 0 Å². The summed E-state index contributed by atoms with van der Waals surface area (Å²) >= 11 is 0. The van der Waals surface area contributed by atoms with Crippen LogP contribution in [0.15, 0.2) is 72.8 Å². The first kappa shape index (κ1) is 21.0. The van der Waals surface area contributed by atoms with Gasteiger partial charge in [-0.2, -0.15) is 5.26 Å². The van der Waals surface area contributed by atoms with E-state index in [0.717, 1.165) is 40.5 Å². The fourth-order valence-corrected chi connectivity index (χ4v) is 4.79. The summed E-state index contributed by atoms with van der Waals surface area (Å²) in [5, 5.41) is 9.02. The van der Waals surface area contributed by atoms with Crippen LogP contribution in [0.4, 0.5) is 0 Å². The molecule has 1 fully saturated rings. The number of aromatic nitrogens is 2. The van der Waals surface area contributed by atoms with Crippen molar-refractivity contribution in [2.24, 2.45) is 11.8 Å². The summed E-state index contributed by atoms with van der Waals surface area (Å²) in [4.78, 5) is 5.06. The maximum atomic E-state index is 9.02. The zero-order chi connectivity index (χ0) is 22.6. The van der Waals surface area contributed by atoms with Gasteiger partial charge in [0, 0.05) is 23.2 Å². The number of nitrogens with zero attached hydrogens (tertiary/aromatic N) is 3. The Labute approximate surface area is 195 Å². The Morgan fingerprint density at radius 1 is 0.848 bits per heavy atom. The van der Waals surface area contributed by atoms with Gasteiger partial charge in [0.15, 0.2) is 0 Å². The maximum Gasteiger partial charge on any atom is 0.142 e. The van der Waals surface area contributed by atoms with Crippen molar-refractivity contribution >= 4 is 11.0 Å². The maximum absolute atomic E-state index is 9.02. The van der Waals surface area contributed by atoms with Crippen LogP contribution in [-0.2, 0) is 6.54 Å². The highest BCUT2D eigenvalue weighted by Gasteiger charge is 2.22. The Morgan fingerprint density at radius 2 is 1.55 bits per heavy atom. The molecule has 0 spiro atoms. The van der Waals surface area contributed by atoms with Crippen molar-refractivity contribution < 1.29 is 0 Å². The number of para-hydroxylation sites is 2. The predicted molar refractivity (Wildman–Crippen MR) is 133 cm³/mol. The summed E-state index contributed by atoms with van der Waals surface area (Å²) in [6, 6.07) is 26.3. The summed E-state index contributed by atoms with van der Waals surface area (Å²) in [7, 11) is 0. The number of hydrogen-bond acceptors (Lipinski definition) is 2. The van der Waals surface area contributed by atoms with E-state index in [0.29, 0.717) is 11.5 Å². The summed E-state index contributed by atoms with van der Waals surface area (Å²) in [5.41, 5.74) is 5.81. The van der Waals surface area contributed by atoms with Gasteiger partial charge in [-0.3, -0.25) is 0 Å². The third kappa shape index (κ3) is 4.55. The number of benzene rings is 3. The molecule has 1 aliphatic rings. The number of rotatable bonds is 3. The van der Waals surface area contributed by atoms with Gasteiger partial charge < -0.3 is 4.57 Å². The minimum absolute atomic E-state index is 0.645. The monoisotopic (exact) mass is 429 g/mol. The summed E-state index contributed by atoms with van der Waals surface area (Å²) in [5.74, 6) is 9.16. The second-order valence-corrected chi connectivity index (χ2v) is 9.15. The lowest BCUT2D eigenvalue weighted by molar-refractivity contribution is 0.267. The molecule has 0 aliphatic heterocycles. The highest BCUT2D eigenvalue weighted by atomic mass is 15.1. The largest absolute Gasteiger partial charge is 0.324 e. The number of hydrogen-bond donors (Lipinski definition) is 0. The van der Waals surface area contributed by atoms with Gasteiger partial charge in [-0.1, -0.05) is 55.9 Å². The van der Waals surface area contributed by atoms with E-state index >= 15 is 0 Å². The van der Waals surface area contributed by atoms with Gasteiger partial charge in [0.2, 0.25) is 0 Å². The molecule has 0 unspecified atom stereocenters. The molecule has 162 valence electrons. The van der Waals surface area contributed by atoms with Crippen LogP contribution >= 0.6 is 0 Å². The number of imidazole rings is 1. The van der Waals surface area contributed by atoms with Gasteiger partial charge in [-0.05, 0) is 73.2 Å². The third-order valence-electron chi connectivity index (χ3n) is 6.75. The summed E-state index contributed by atoms with van der Waals surface area (Å²) < 4.78 is 2.41. The standard InChI is InChI=1S/C30H27N3/c1-22-10-12-25(13-11-22)21-33-29-9-5-4-8-28(29)32-30(33)27-7-3-2-6-26(27)19-18-23-14-16-24(20-31)17-15-23/h2-9,14-17,22,25H,10-13,21H2,1H3. The Kier molecular flexibility index (Phi) is 5.97. The van der Waals surface area contributed by atoms with Gasteiger partial charge >= 0.3 is 0 Å². The molecule has 1 aromatic heterocycles. The molecule has 0 amide bonds. The van der Waals surface area contributed by atoms with E-state index in [-0.39, 0.29) is 0 Å². The molecule has 1 saturated carbocycles. The van der Waals surface area contributed by atoms with Crippen LogP contribution in [-0.4, -0.2) is 9.55 Å². The minimum atomic E-state index is 0.645. The first-order valence-electron chi connectivity index (χ1n) is 11.8. The fourth-order valence-electron chi connectivity index (χ4n) is 4.79. The Bertz CT molecular complexity index is 1370. The van der Waals surface area contributed by atoms with E-state index < -0.39 is 0 Å². The average Bonchev–Trinajstić information content (AvgIpc) is 3.23. The molecule has 0 bridgehead atoms. The molecule has 33 heavy (non-hydrogen) atoms. The van der Waals surface area contributed by atoms with E-state index in [9.17, 15) is 0 Å². The topological polar surface area (TPSA) is 41.6 Å². The van der Waals surface area contributed by atoms with Crippen LogP contribution in [0, 0.1) is 35.0 Å². The van der Waals surface area contributed by atoms with E-state index in [2.05, 4.69) is 71.9 Å². The molecule has 1 heterocycles. The number of fused-ring (bicyclic) bond motifs is 1. The zero-order valence-corrected chi connectivity index (χ0v) is 19.0. The highest BCUT2D eigenvalue weighted by Crippen LogP contribution is 2.33. The van der Waals surface area contributed by atoms with Crippen molar-refractivity contribution in [3.05, 3.63) is 89.5 Å². The van der Waals surface area contributed by atoms with E-state index in [1.54, 1.807) is 12.1 Å². The second kappa shape index (κ2) is 9.35. The normalized spacial score (nSPS) is 17.8. The molecule has 3 heteroatoms. The molecule has 0 atom stereocenters. The Hall–Kier alpha value is -3.82.